The Bertz CT molecular complexity index is 316. The van der Waals surface area contributed by atoms with Gasteiger partial charge in [-0.15, -0.1) is 0 Å². The maximum absolute atomic E-state index is 9.74. The molecule has 0 rings (SSSR count). The minimum absolute atomic E-state index is 0. The molecule has 2 amide bonds. The molecule has 0 aromatic carbocycles. The zero-order valence-corrected chi connectivity index (χ0v) is 12.1. The summed E-state index contributed by atoms with van der Waals surface area (Å²) < 4.78 is 44.8. The van der Waals surface area contributed by atoms with Crippen LogP contribution in [0.4, 0.5) is 4.79 Å². The average molecular weight is 294 g/mol. The van der Waals surface area contributed by atoms with Crippen molar-refractivity contribution in [2.75, 3.05) is 0 Å². The van der Waals surface area contributed by atoms with E-state index in [0.717, 1.165) is 0 Å². The summed E-state index contributed by atoms with van der Waals surface area (Å²) in [6.45, 7) is 0. The number of hydroxylamine groups is 1. The number of rotatable bonds is 2. The van der Waals surface area contributed by atoms with Crippen molar-refractivity contribution < 1.29 is 94.1 Å². The minimum Gasteiger partial charge on any atom is -1.00 e. The summed E-state index contributed by atoms with van der Waals surface area (Å²) in [6.07, 6.45) is 0. The molecule has 88 valence electrons. The first-order chi connectivity index (χ1) is 5.92. The topological polar surface area (TPSA) is 196 Å². The van der Waals surface area contributed by atoms with Crippen molar-refractivity contribution in [2.45, 2.75) is 0 Å². The van der Waals surface area contributed by atoms with Crippen molar-refractivity contribution >= 4 is 24.3 Å². The Kier molecular flexibility index (Phi) is 12.7. The predicted octanol–water partition coefficient (Wildman–Crippen LogP) is -4.86. The molecule has 0 saturated carbocycles. The molecule has 0 radical (unpaired) electrons. The number of nitrogens with one attached hydrogen (secondary N) is 1. The van der Waals surface area contributed by atoms with Crippen molar-refractivity contribution in [3.63, 3.8) is 0 Å². The number of hydrogen-bond donors (Lipinski definition) is 6. The van der Waals surface area contributed by atoms with Crippen LogP contribution in [-0.4, -0.2) is 33.3 Å². The van der Waals surface area contributed by atoms with Gasteiger partial charge in [0.1, 0.15) is 0 Å². The number of carbonyl (C=O) groups excluding carboxylic acids is 1. The van der Waals surface area contributed by atoms with Gasteiger partial charge < -0.3 is 16.9 Å². The second kappa shape index (κ2) is 8.97. The van der Waals surface area contributed by atoms with E-state index in [2.05, 4.69) is 10.4 Å². The van der Waals surface area contributed by atoms with Crippen LogP contribution in [0.2, 0.25) is 0 Å². The van der Waals surface area contributed by atoms with Gasteiger partial charge in [-0.05, 0) is 0 Å². The first-order valence-electron chi connectivity index (χ1n) is 2.41. The maximum Gasteiger partial charge on any atom is 1.00 e. The molecule has 0 aromatic rings. The van der Waals surface area contributed by atoms with Gasteiger partial charge in [-0.1, -0.05) is 0 Å². The average Bonchev–Trinajstić information content (AvgIpc) is 1.77. The fourth-order valence-corrected chi connectivity index (χ4v) is 0.313. The van der Waals surface area contributed by atoms with E-state index in [4.69, 9.17) is 27.3 Å². The molecular formula is CH8KN2O9PS. The second-order valence-corrected chi connectivity index (χ2v) is 3.56. The molecule has 15 heavy (non-hydrogen) atoms. The van der Waals surface area contributed by atoms with E-state index in [1.54, 1.807) is 0 Å². The summed E-state index contributed by atoms with van der Waals surface area (Å²) in [5.41, 5.74) is 5.64. The van der Waals surface area contributed by atoms with E-state index < -0.39 is 24.3 Å². The van der Waals surface area contributed by atoms with Crippen LogP contribution < -0.4 is 62.6 Å². The molecule has 0 unspecified atom stereocenters. The van der Waals surface area contributed by atoms with Gasteiger partial charge in [-0.2, -0.15) is 13.0 Å². The smallest absolute Gasteiger partial charge is 1.00 e. The minimum atomic E-state index is -4.67. The molecule has 0 saturated heterocycles. The number of phosphoric acid groups is 1. The molecule has 7 N–H and O–H groups in total. The third-order valence-corrected chi connectivity index (χ3v) is 0.594. The number of primary amides is 1. The Labute approximate surface area is 128 Å². The first-order valence-corrected chi connectivity index (χ1v) is 5.34. The summed E-state index contributed by atoms with van der Waals surface area (Å²) in [5.74, 6) is 0. The van der Waals surface area contributed by atoms with Crippen molar-refractivity contribution in [3.8, 4) is 0 Å². The van der Waals surface area contributed by atoms with Gasteiger partial charge in [0.2, 0.25) is 0 Å². The Balaban J connectivity index is -0.0000000904. The molecule has 0 aromatic heterocycles. The third kappa shape index (κ3) is 52.1. The molecule has 11 nitrogen and oxygen atoms in total. The van der Waals surface area contributed by atoms with Crippen LogP contribution in [0, 0.1) is 0 Å². The van der Waals surface area contributed by atoms with E-state index in [1.165, 1.54) is 5.48 Å². The van der Waals surface area contributed by atoms with Gasteiger partial charge in [0.15, 0.2) is 0 Å². The SMILES string of the molecule is NC(=O)NOP(=O)(O)O.O=S(=O)(O)O.[H-].[K+]. The zero-order valence-electron chi connectivity index (χ0n) is 8.26. The van der Waals surface area contributed by atoms with Crippen LogP contribution in [0.5, 0.6) is 0 Å². The molecule has 0 bridgehead atoms. The summed E-state index contributed by atoms with van der Waals surface area (Å²) in [7, 11) is -9.30. The van der Waals surface area contributed by atoms with Crippen LogP contribution in [0.3, 0.4) is 0 Å². The van der Waals surface area contributed by atoms with Crippen LogP contribution in [-0.2, 0) is 19.6 Å². The van der Waals surface area contributed by atoms with Crippen molar-refractivity contribution in [3.05, 3.63) is 0 Å². The van der Waals surface area contributed by atoms with E-state index >= 15 is 0 Å². The monoisotopic (exact) mass is 294 g/mol. The van der Waals surface area contributed by atoms with Gasteiger partial charge >= 0.3 is 75.6 Å². The molecule has 0 atom stereocenters. The zero-order chi connectivity index (χ0) is 12.0. The van der Waals surface area contributed by atoms with Crippen molar-refractivity contribution in [1.29, 1.82) is 0 Å². The Morgan fingerprint density at radius 2 is 1.67 bits per heavy atom. The molecule has 0 aliphatic carbocycles. The van der Waals surface area contributed by atoms with Crippen LogP contribution in [0.1, 0.15) is 1.43 Å². The first kappa shape index (κ1) is 21.2. The maximum atomic E-state index is 9.74. The number of carbonyl (C=O) groups is 1. The third-order valence-electron chi connectivity index (χ3n) is 0.265. The molecule has 0 spiro atoms. The fraction of sp³-hybridized carbons (Fsp3) is 0. The van der Waals surface area contributed by atoms with Gasteiger partial charge in [0, 0.05) is 0 Å². The van der Waals surface area contributed by atoms with E-state index in [1.807, 2.05) is 0 Å². The number of nitrogens with two attached hydrogens (primary N) is 1. The van der Waals surface area contributed by atoms with Crippen molar-refractivity contribution in [1.82, 2.24) is 5.48 Å². The Hall–Kier alpha value is 0.886. The van der Waals surface area contributed by atoms with Crippen LogP contribution >= 0.6 is 7.82 Å². The number of urea groups is 1. The van der Waals surface area contributed by atoms with Gasteiger partial charge in [-0.3, -0.25) is 9.11 Å². The molecule has 0 fully saturated rings. The number of amides is 2. The standard InChI is InChI=1S/CH5N2O5P.K.H2O4S.H/c2-1(4)3-8-9(5,6)7;;1-5(2,3)4;/h(H3,2,3,4)(H2,5,6,7);;(H2,1,2,3,4);/q;+1;;-1. The van der Waals surface area contributed by atoms with E-state index in [0.29, 0.717) is 0 Å². The van der Waals surface area contributed by atoms with E-state index in [-0.39, 0.29) is 52.8 Å². The quantitative estimate of drug-likeness (QED) is 0.125. The van der Waals surface area contributed by atoms with Crippen molar-refractivity contribution in [2.24, 2.45) is 5.73 Å². The normalized spacial score (nSPS) is 10.4. The summed E-state index contributed by atoms with van der Waals surface area (Å²) >= 11 is 0. The molecule has 14 heteroatoms. The van der Waals surface area contributed by atoms with Gasteiger partial charge in [0.05, 0.1) is 0 Å². The van der Waals surface area contributed by atoms with E-state index in [9.17, 15) is 9.36 Å². The Morgan fingerprint density at radius 3 is 1.73 bits per heavy atom. The van der Waals surface area contributed by atoms with Gasteiger partial charge in [0.25, 0.3) is 0 Å². The van der Waals surface area contributed by atoms with Gasteiger partial charge in [-0.25, -0.2) is 14.8 Å². The second-order valence-electron chi connectivity index (χ2n) is 1.50. The van der Waals surface area contributed by atoms with Crippen LogP contribution in [0.15, 0.2) is 0 Å². The fourth-order valence-electron chi connectivity index (χ4n) is 0.104. The molecule has 0 heterocycles. The molecule has 0 aliphatic heterocycles. The summed E-state index contributed by atoms with van der Waals surface area (Å²) in [4.78, 5) is 25.5. The van der Waals surface area contributed by atoms with Crippen LogP contribution in [0.25, 0.3) is 0 Å². The number of hydrogen-bond acceptors (Lipinski definition) is 5. The largest absolute Gasteiger partial charge is 1.00 e. The summed E-state index contributed by atoms with van der Waals surface area (Å²) in [6, 6.07) is -1.17. The predicted molar refractivity (Wildman–Crippen MR) is 41.1 cm³/mol. The summed E-state index contributed by atoms with van der Waals surface area (Å²) in [5, 5.41) is 0. The Morgan fingerprint density at radius 1 is 1.40 bits per heavy atom. The molecular weight excluding hydrogens is 286 g/mol. The molecule has 0 aliphatic rings.